The molecule has 96 valence electrons. The number of thiocarbonyl (C=S) groups is 1. The van der Waals surface area contributed by atoms with Gasteiger partial charge in [-0.3, -0.25) is 9.48 Å². The molecule has 2 nitrogen and oxygen atoms in total. The maximum Gasteiger partial charge on any atom is 0.249 e. The van der Waals surface area contributed by atoms with Crippen LogP contribution >= 0.6 is 12.2 Å². The maximum absolute atomic E-state index is 5.15. The molecule has 17 heavy (non-hydrogen) atoms. The summed E-state index contributed by atoms with van der Waals surface area (Å²) >= 11 is 10.3. The second-order valence-electron chi connectivity index (χ2n) is 5.06. The Kier molecular flexibility index (Phi) is 5.16. The highest BCUT2D eigenvalue weighted by Gasteiger charge is 2.25. The van der Waals surface area contributed by atoms with Crippen LogP contribution in [-0.2, 0) is 12.6 Å². The van der Waals surface area contributed by atoms with E-state index in [-0.39, 0.29) is 0 Å². The molecule has 0 bridgehead atoms. The molecule has 0 amide bonds. The fourth-order valence-electron chi connectivity index (χ4n) is 2.86. The van der Waals surface area contributed by atoms with Crippen molar-refractivity contribution >= 4 is 34.9 Å². The molecule has 0 saturated carbocycles. The van der Waals surface area contributed by atoms with Gasteiger partial charge in [0.1, 0.15) is 0 Å². The molecule has 0 N–H and O–H groups in total. The zero-order valence-corrected chi connectivity index (χ0v) is 12.1. The molecular formula is C13H22N2S2. The summed E-state index contributed by atoms with van der Waals surface area (Å²) in [4.78, 5) is 2.54. The number of piperidine rings is 2. The van der Waals surface area contributed by atoms with Crippen LogP contribution < -0.4 is 0 Å². The van der Waals surface area contributed by atoms with Crippen LogP contribution in [0, 0.1) is 0 Å². The van der Waals surface area contributed by atoms with E-state index in [1.54, 1.807) is 0 Å². The van der Waals surface area contributed by atoms with Crippen LogP contribution in [-0.4, -0.2) is 45.7 Å². The van der Waals surface area contributed by atoms with Gasteiger partial charge < -0.3 is 24.8 Å². The number of hydrogen-bond acceptors (Lipinski definition) is 2. The number of nitrogens with zero attached hydrogens (tertiary/aromatic N) is 2. The lowest BCUT2D eigenvalue weighted by Crippen LogP contribution is -2.43. The van der Waals surface area contributed by atoms with Crippen molar-refractivity contribution in [1.29, 1.82) is 0 Å². The van der Waals surface area contributed by atoms with Gasteiger partial charge in [0.2, 0.25) is 5.84 Å². The highest BCUT2D eigenvalue weighted by atomic mass is 32.1. The molecule has 0 radical (unpaired) electrons. The Morgan fingerprint density at radius 1 is 1.00 bits per heavy atom. The molecular weight excluding hydrogens is 248 g/mol. The van der Waals surface area contributed by atoms with E-state index < -0.39 is 0 Å². The quantitative estimate of drug-likeness (QED) is 0.329. The topological polar surface area (TPSA) is 6.25 Å². The van der Waals surface area contributed by atoms with Gasteiger partial charge in [-0.05, 0) is 38.5 Å². The molecule has 0 aromatic rings. The van der Waals surface area contributed by atoms with E-state index in [9.17, 15) is 0 Å². The summed E-state index contributed by atoms with van der Waals surface area (Å²) in [6, 6.07) is 0. The standard InChI is InChI=1S/C13H22N2S2/c16-13(17)11-12(14-7-3-1-4-8-14)15-9-5-2-6-10-15/h1-11H2. The minimum absolute atomic E-state index is 0.719. The SMILES string of the molecule is S=C([S-])CC(N1CCCCC1)=[N+]1CCCCC1. The Balaban J connectivity index is 2.13. The van der Waals surface area contributed by atoms with E-state index in [0.717, 1.165) is 10.6 Å². The molecule has 2 aliphatic heterocycles. The zero-order valence-electron chi connectivity index (χ0n) is 10.5. The van der Waals surface area contributed by atoms with Gasteiger partial charge in [0.05, 0.1) is 32.6 Å². The summed E-state index contributed by atoms with van der Waals surface area (Å²) in [7, 11) is 0. The lowest BCUT2D eigenvalue weighted by Gasteiger charge is -2.28. The average Bonchev–Trinajstić information content (AvgIpc) is 2.38. The Hall–Kier alpha value is -0.220. The summed E-state index contributed by atoms with van der Waals surface area (Å²) in [6.07, 6.45) is 8.86. The monoisotopic (exact) mass is 270 g/mol. The molecule has 2 rings (SSSR count). The lowest BCUT2D eigenvalue weighted by atomic mass is 10.1. The summed E-state index contributed by atoms with van der Waals surface area (Å²) in [6.45, 7) is 4.79. The Bertz CT molecular complexity index is 299. The van der Waals surface area contributed by atoms with E-state index in [1.165, 1.54) is 70.5 Å². The molecule has 0 unspecified atom stereocenters. The first-order valence-corrected chi connectivity index (χ1v) is 7.64. The van der Waals surface area contributed by atoms with Crippen LogP contribution in [0.3, 0.4) is 0 Å². The Morgan fingerprint density at radius 3 is 2.18 bits per heavy atom. The molecule has 2 saturated heterocycles. The van der Waals surface area contributed by atoms with Crippen molar-refractivity contribution < 1.29 is 4.58 Å². The van der Waals surface area contributed by atoms with Crippen LogP contribution in [0.5, 0.6) is 0 Å². The van der Waals surface area contributed by atoms with Crippen molar-refractivity contribution in [2.24, 2.45) is 0 Å². The predicted octanol–water partition coefficient (Wildman–Crippen LogP) is 2.33. The molecule has 2 fully saturated rings. The van der Waals surface area contributed by atoms with Gasteiger partial charge in [-0.15, -0.1) is 4.20 Å². The third kappa shape index (κ3) is 3.88. The highest BCUT2D eigenvalue weighted by Crippen LogP contribution is 2.14. The van der Waals surface area contributed by atoms with Crippen LogP contribution in [0.15, 0.2) is 0 Å². The fraction of sp³-hybridized carbons (Fsp3) is 0.846. The maximum atomic E-state index is 5.15. The molecule has 4 heteroatoms. The van der Waals surface area contributed by atoms with E-state index in [2.05, 4.69) is 9.48 Å². The van der Waals surface area contributed by atoms with Gasteiger partial charge >= 0.3 is 0 Å². The smallest absolute Gasteiger partial charge is 0.249 e. The van der Waals surface area contributed by atoms with Crippen LogP contribution in [0.1, 0.15) is 44.9 Å². The third-order valence-electron chi connectivity index (χ3n) is 3.74. The van der Waals surface area contributed by atoms with Crippen LogP contribution in [0.2, 0.25) is 0 Å². The molecule has 0 aromatic carbocycles. The predicted molar refractivity (Wildman–Crippen MR) is 78.9 cm³/mol. The largest absolute Gasteiger partial charge is 0.432 e. The number of likely N-dealkylation sites (tertiary alicyclic amines) is 1. The van der Waals surface area contributed by atoms with E-state index in [1.807, 2.05) is 0 Å². The van der Waals surface area contributed by atoms with Crippen LogP contribution in [0.25, 0.3) is 0 Å². The summed E-state index contributed by atoms with van der Waals surface area (Å²) in [5.41, 5.74) is 0. The van der Waals surface area contributed by atoms with Gasteiger partial charge in [0, 0.05) is 0 Å². The van der Waals surface area contributed by atoms with Gasteiger partial charge in [0.15, 0.2) is 0 Å². The Labute approximate surface area is 115 Å². The summed E-state index contributed by atoms with van der Waals surface area (Å²) < 4.78 is 3.25. The van der Waals surface area contributed by atoms with Gasteiger partial charge in [-0.25, -0.2) is 0 Å². The molecule has 0 spiro atoms. The molecule has 0 aromatic heterocycles. The van der Waals surface area contributed by atoms with Gasteiger partial charge in [-0.2, -0.15) is 0 Å². The summed E-state index contributed by atoms with van der Waals surface area (Å²) in [5.74, 6) is 1.42. The van der Waals surface area contributed by atoms with Crippen LogP contribution in [0.4, 0.5) is 0 Å². The minimum Gasteiger partial charge on any atom is -0.432 e. The first kappa shape index (κ1) is 13.2. The number of amidine groups is 1. The van der Waals surface area contributed by atoms with E-state index in [4.69, 9.17) is 24.8 Å². The van der Waals surface area contributed by atoms with Crippen molar-refractivity contribution in [3.8, 4) is 0 Å². The van der Waals surface area contributed by atoms with E-state index in [0.29, 0.717) is 0 Å². The lowest BCUT2D eigenvalue weighted by molar-refractivity contribution is -0.542. The zero-order chi connectivity index (χ0) is 12.1. The third-order valence-corrected chi connectivity index (χ3v) is 4.03. The van der Waals surface area contributed by atoms with Gasteiger partial charge in [0.25, 0.3) is 0 Å². The molecule has 0 aliphatic carbocycles. The first-order chi connectivity index (χ1) is 8.27. The van der Waals surface area contributed by atoms with Crippen molar-refractivity contribution in [2.75, 3.05) is 26.2 Å². The summed E-state index contributed by atoms with van der Waals surface area (Å²) in [5, 5.41) is 0. The number of hydrogen-bond donors (Lipinski definition) is 0. The minimum atomic E-state index is 0.719. The van der Waals surface area contributed by atoms with Crippen molar-refractivity contribution in [1.82, 2.24) is 4.90 Å². The van der Waals surface area contributed by atoms with Crippen molar-refractivity contribution in [2.45, 2.75) is 44.9 Å². The van der Waals surface area contributed by atoms with Crippen molar-refractivity contribution in [3.63, 3.8) is 0 Å². The fourth-order valence-corrected chi connectivity index (χ4v) is 3.11. The number of rotatable bonds is 2. The molecule has 2 heterocycles. The normalized spacial score (nSPS) is 21.4. The highest BCUT2D eigenvalue weighted by molar-refractivity contribution is 8.00. The van der Waals surface area contributed by atoms with E-state index >= 15 is 0 Å². The average molecular weight is 270 g/mol. The first-order valence-electron chi connectivity index (χ1n) is 6.83. The second-order valence-corrected chi connectivity index (χ2v) is 6.30. The van der Waals surface area contributed by atoms with Crippen molar-refractivity contribution in [3.05, 3.63) is 0 Å². The molecule has 2 aliphatic rings. The van der Waals surface area contributed by atoms with Gasteiger partial charge in [-0.1, -0.05) is 0 Å². The second kappa shape index (κ2) is 6.64. The molecule has 0 atom stereocenters. The Morgan fingerprint density at radius 2 is 1.59 bits per heavy atom.